The van der Waals surface area contributed by atoms with E-state index in [2.05, 4.69) is 38.7 Å². The Morgan fingerprint density at radius 3 is 2.76 bits per heavy atom. The maximum atomic E-state index is 11.9. The van der Waals surface area contributed by atoms with E-state index >= 15 is 0 Å². The number of amides is 2. The van der Waals surface area contributed by atoms with E-state index in [9.17, 15) is 9.59 Å². The number of nitrogens with one attached hydrogen (secondary N) is 2. The Balaban J connectivity index is 1.64. The second kappa shape index (κ2) is 7.98. The largest absolute Gasteiger partial charge is 0.354 e. The zero-order valence-corrected chi connectivity index (χ0v) is 13.4. The molecule has 1 atom stereocenters. The minimum atomic E-state index is -0.135. The van der Waals surface area contributed by atoms with Crippen molar-refractivity contribution < 1.29 is 9.59 Å². The van der Waals surface area contributed by atoms with Crippen molar-refractivity contribution in [1.82, 2.24) is 10.6 Å². The van der Waals surface area contributed by atoms with Gasteiger partial charge in [-0.3, -0.25) is 9.59 Å². The predicted octanol–water partition coefficient (Wildman–Crippen LogP) is 2.65. The average Bonchev–Trinajstić information content (AvgIpc) is 2.96. The quantitative estimate of drug-likeness (QED) is 0.612. The summed E-state index contributed by atoms with van der Waals surface area (Å²) in [6.07, 6.45) is 6.90. The molecule has 5 heteroatoms. The fraction of sp³-hybridized carbons (Fsp3) is 0.375. The molecule has 0 fully saturated rings. The zero-order valence-electron chi connectivity index (χ0n) is 11.8. The molecule has 112 valence electrons. The van der Waals surface area contributed by atoms with Gasteiger partial charge in [-0.15, -0.1) is 0 Å². The summed E-state index contributed by atoms with van der Waals surface area (Å²) in [6, 6.07) is 7.20. The Morgan fingerprint density at radius 2 is 2.05 bits per heavy atom. The van der Waals surface area contributed by atoms with Gasteiger partial charge in [0.25, 0.3) is 5.91 Å². The summed E-state index contributed by atoms with van der Waals surface area (Å²) >= 11 is 3.33. The van der Waals surface area contributed by atoms with Crippen LogP contribution >= 0.6 is 15.9 Å². The van der Waals surface area contributed by atoms with Crippen LogP contribution < -0.4 is 10.6 Å². The summed E-state index contributed by atoms with van der Waals surface area (Å²) in [4.78, 5) is 23.6. The molecule has 0 radical (unpaired) electrons. The van der Waals surface area contributed by atoms with Gasteiger partial charge in [0.2, 0.25) is 5.91 Å². The van der Waals surface area contributed by atoms with Crippen molar-refractivity contribution in [2.45, 2.75) is 19.3 Å². The van der Waals surface area contributed by atoms with Crippen LogP contribution in [0.15, 0.2) is 40.9 Å². The van der Waals surface area contributed by atoms with Crippen LogP contribution in [-0.2, 0) is 4.79 Å². The maximum Gasteiger partial charge on any atom is 0.251 e. The van der Waals surface area contributed by atoms with Gasteiger partial charge in [-0.25, -0.2) is 0 Å². The molecule has 1 aromatic rings. The molecule has 0 heterocycles. The molecule has 0 aliphatic heterocycles. The molecule has 4 nitrogen and oxygen atoms in total. The molecule has 1 aliphatic rings. The summed E-state index contributed by atoms with van der Waals surface area (Å²) in [7, 11) is 0. The van der Waals surface area contributed by atoms with E-state index in [0.29, 0.717) is 31.0 Å². The van der Waals surface area contributed by atoms with Crippen molar-refractivity contribution >= 4 is 27.7 Å². The van der Waals surface area contributed by atoms with Crippen LogP contribution in [-0.4, -0.2) is 24.9 Å². The molecule has 21 heavy (non-hydrogen) atoms. The van der Waals surface area contributed by atoms with Gasteiger partial charge in [0.1, 0.15) is 0 Å². The van der Waals surface area contributed by atoms with Crippen molar-refractivity contribution in [3.05, 3.63) is 46.5 Å². The summed E-state index contributed by atoms with van der Waals surface area (Å²) in [5.41, 5.74) is 0.604. The van der Waals surface area contributed by atoms with Gasteiger partial charge >= 0.3 is 0 Å². The van der Waals surface area contributed by atoms with E-state index in [1.165, 1.54) is 0 Å². The minimum absolute atomic E-state index is 0.0447. The normalized spacial score (nSPS) is 16.7. The van der Waals surface area contributed by atoms with Gasteiger partial charge in [-0.05, 0) is 37.0 Å². The molecule has 2 amide bonds. The van der Waals surface area contributed by atoms with Crippen LogP contribution in [0.2, 0.25) is 0 Å². The number of hydrogen-bond donors (Lipinski definition) is 2. The lowest BCUT2D eigenvalue weighted by Gasteiger charge is -2.09. The molecule has 1 aliphatic carbocycles. The number of carbonyl (C=O) groups is 2. The minimum Gasteiger partial charge on any atom is -0.354 e. The lowest BCUT2D eigenvalue weighted by molar-refractivity contribution is -0.121. The Morgan fingerprint density at radius 1 is 1.24 bits per heavy atom. The highest BCUT2D eigenvalue weighted by atomic mass is 79.9. The monoisotopic (exact) mass is 350 g/mol. The molecular weight excluding hydrogens is 332 g/mol. The van der Waals surface area contributed by atoms with E-state index in [1.54, 1.807) is 12.1 Å². The van der Waals surface area contributed by atoms with Gasteiger partial charge in [0, 0.05) is 29.5 Å². The second-order valence-electron chi connectivity index (χ2n) is 5.09. The fourth-order valence-corrected chi connectivity index (χ4v) is 2.68. The first-order chi connectivity index (χ1) is 10.1. The number of benzene rings is 1. The Labute approximate surface area is 133 Å². The third kappa shape index (κ3) is 5.34. The molecule has 0 saturated carbocycles. The number of rotatable bonds is 6. The summed E-state index contributed by atoms with van der Waals surface area (Å²) in [5.74, 6) is 0.286. The summed E-state index contributed by atoms with van der Waals surface area (Å²) < 4.78 is 0.869. The van der Waals surface area contributed by atoms with Crippen LogP contribution in [0.5, 0.6) is 0 Å². The van der Waals surface area contributed by atoms with Crippen molar-refractivity contribution in [3.63, 3.8) is 0 Å². The van der Waals surface area contributed by atoms with Crippen LogP contribution in [0, 0.1) is 5.92 Å². The molecular formula is C16H19BrN2O2. The highest BCUT2D eigenvalue weighted by Gasteiger charge is 2.13. The van der Waals surface area contributed by atoms with Gasteiger partial charge < -0.3 is 10.6 Å². The zero-order chi connectivity index (χ0) is 15.1. The van der Waals surface area contributed by atoms with E-state index in [4.69, 9.17) is 0 Å². The van der Waals surface area contributed by atoms with Crippen LogP contribution in [0.4, 0.5) is 0 Å². The van der Waals surface area contributed by atoms with Gasteiger partial charge in [0.15, 0.2) is 0 Å². The molecule has 0 saturated heterocycles. The number of allylic oxidation sites excluding steroid dienone is 2. The van der Waals surface area contributed by atoms with E-state index in [0.717, 1.165) is 17.3 Å². The molecule has 0 aromatic heterocycles. The second-order valence-corrected chi connectivity index (χ2v) is 6.00. The van der Waals surface area contributed by atoms with Gasteiger partial charge in [-0.1, -0.05) is 34.1 Å². The topological polar surface area (TPSA) is 58.2 Å². The SMILES string of the molecule is O=C(C[C@H]1C=CCC1)NCCNC(=O)c1cccc(Br)c1. The molecule has 1 aromatic carbocycles. The van der Waals surface area contributed by atoms with E-state index in [1.807, 2.05) is 12.1 Å². The number of halogens is 1. The van der Waals surface area contributed by atoms with Crippen LogP contribution in [0.25, 0.3) is 0 Å². The smallest absolute Gasteiger partial charge is 0.251 e. The van der Waals surface area contributed by atoms with Crippen molar-refractivity contribution in [3.8, 4) is 0 Å². The highest BCUT2D eigenvalue weighted by molar-refractivity contribution is 9.10. The molecule has 0 unspecified atom stereocenters. The first kappa shape index (κ1) is 15.8. The van der Waals surface area contributed by atoms with Crippen LogP contribution in [0.1, 0.15) is 29.6 Å². The highest BCUT2D eigenvalue weighted by Crippen LogP contribution is 2.19. The first-order valence-electron chi connectivity index (χ1n) is 7.12. The molecule has 2 N–H and O–H groups in total. The fourth-order valence-electron chi connectivity index (χ4n) is 2.29. The van der Waals surface area contributed by atoms with E-state index in [-0.39, 0.29) is 11.8 Å². The lowest BCUT2D eigenvalue weighted by Crippen LogP contribution is -2.35. The average molecular weight is 351 g/mol. The standard InChI is InChI=1S/C16H19BrN2O2/c17-14-7-3-6-13(11-14)16(21)19-9-8-18-15(20)10-12-4-1-2-5-12/h1,3-4,6-7,11-12H,2,5,8-10H2,(H,18,20)(H,19,21)/t12-/m0/s1. The molecule has 2 rings (SSSR count). The van der Waals surface area contributed by atoms with Crippen molar-refractivity contribution in [2.75, 3.05) is 13.1 Å². The first-order valence-corrected chi connectivity index (χ1v) is 7.91. The summed E-state index contributed by atoms with van der Waals surface area (Å²) in [6.45, 7) is 0.882. The third-order valence-electron chi connectivity index (χ3n) is 3.38. The predicted molar refractivity (Wildman–Crippen MR) is 86.0 cm³/mol. The van der Waals surface area contributed by atoms with Gasteiger partial charge in [0.05, 0.1) is 0 Å². The number of hydrogen-bond acceptors (Lipinski definition) is 2. The van der Waals surface area contributed by atoms with Crippen LogP contribution in [0.3, 0.4) is 0 Å². The summed E-state index contributed by atoms with van der Waals surface area (Å²) in [5, 5.41) is 5.62. The molecule has 0 bridgehead atoms. The Bertz CT molecular complexity index is 543. The van der Waals surface area contributed by atoms with Crippen molar-refractivity contribution in [1.29, 1.82) is 0 Å². The maximum absolute atomic E-state index is 11.9. The van der Waals surface area contributed by atoms with Crippen molar-refractivity contribution in [2.24, 2.45) is 5.92 Å². The third-order valence-corrected chi connectivity index (χ3v) is 3.87. The van der Waals surface area contributed by atoms with E-state index < -0.39 is 0 Å². The number of carbonyl (C=O) groups excluding carboxylic acids is 2. The Hall–Kier alpha value is -1.62. The van der Waals surface area contributed by atoms with Gasteiger partial charge in [-0.2, -0.15) is 0 Å². The lowest BCUT2D eigenvalue weighted by atomic mass is 10.1. The molecule has 0 spiro atoms. The Kier molecular flexibility index (Phi) is 5.99.